The zero-order valence-electron chi connectivity index (χ0n) is 24.4. The predicted molar refractivity (Wildman–Crippen MR) is 186 cm³/mol. The van der Waals surface area contributed by atoms with E-state index in [2.05, 4.69) is 143 Å². The van der Waals surface area contributed by atoms with Gasteiger partial charge in [-0.1, -0.05) is 84.9 Å². The van der Waals surface area contributed by atoms with Crippen LogP contribution in [0.4, 0.5) is 0 Å². The molecule has 9 rings (SSSR count). The van der Waals surface area contributed by atoms with Crippen molar-refractivity contribution in [3.05, 3.63) is 175 Å². The number of para-hydroxylation sites is 1. The van der Waals surface area contributed by atoms with E-state index in [0.29, 0.717) is 0 Å². The Morgan fingerprint density at radius 2 is 1.24 bits per heavy atom. The van der Waals surface area contributed by atoms with E-state index < -0.39 is 0 Å². The molecular weight excluding hydrogens is 548 g/mol. The van der Waals surface area contributed by atoms with Gasteiger partial charge >= 0.3 is 0 Å². The maximum Gasteiger partial charge on any atom is 0.0963 e. The molecule has 1 aliphatic heterocycles. The fourth-order valence-corrected chi connectivity index (χ4v) is 6.85. The first-order valence-electron chi connectivity index (χ1n) is 15.3. The Labute approximate surface area is 260 Å². The number of hydrogen-bond acceptors (Lipinski definition) is 3. The highest BCUT2D eigenvalue weighted by Crippen LogP contribution is 2.38. The van der Waals surface area contributed by atoms with Gasteiger partial charge in [0.05, 0.1) is 28.3 Å². The highest BCUT2D eigenvalue weighted by Gasteiger charge is 2.22. The Balaban J connectivity index is 1.21. The molecule has 0 aliphatic carbocycles. The number of rotatable bonds is 4. The Bertz CT molecular complexity index is 2340. The van der Waals surface area contributed by atoms with E-state index in [1.807, 2.05) is 24.5 Å². The van der Waals surface area contributed by atoms with Crippen molar-refractivity contribution in [2.75, 3.05) is 0 Å². The SMILES string of the molecule is C1=C(c2ccc(-n3c4ccccc4c4ncccc43)cc2)C=C(c2c3ccccc3cc3ccccc23)NC1c1ccccn1. The van der Waals surface area contributed by atoms with Crippen LogP contribution in [0.15, 0.2) is 158 Å². The molecule has 0 saturated carbocycles. The fraction of sp³-hybridized carbons (Fsp3) is 0.0244. The third kappa shape index (κ3) is 4.22. The quantitative estimate of drug-likeness (QED) is 0.212. The Kier molecular flexibility index (Phi) is 5.85. The van der Waals surface area contributed by atoms with Crippen molar-refractivity contribution in [1.82, 2.24) is 19.9 Å². The molecule has 1 N–H and O–H groups in total. The third-order valence-corrected chi connectivity index (χ3v) is 8.89. The Morgan fingerprint density at radius 3 is 2.00 bits per heavy atom. The van der Waals surface area contributed by atoms with Gasteiger partial charge in [-0.25, -0.2) is 0 Å². The lowest BCUT2D eigenvalue weighted by molar-refractivity contribution is 0.740. The van der Waals surface area contributed by atoms with Gasteiger partial charge in [0.15, 0.2) is 0 Å². The first-order chi connectivity index (χ1) is 22.3. The monoisotopic (exact) mass is 576 g/mol. The molecular formula is C41H28N4. The van der Waals surface area contributed by atoms with Crippen molar-refractivity contribution in [2.45, 2.75) is 6.04 Å². The van der Waals surface area contributed by atoms with Crippen LogP contribution in [0.25, 0.3) is 60.4 Å². The molecule has 4 nitrogen and oxygen atoms in total. The summed E-state index contributed by atoms with van der Waals surface area (Å²) in [7, 11) is 0. The van der Waals surface area contributed by atoms with Gasteiger partial charge in [-0.3, -0.25) is 9.97 Å². The van der Waals surface area contributed by atoms with E-state index in [-0.39, 0.29) is 6.04 Å². The number of nitrogens with one attached hydrogen (secondary N) is 1. The number of pyridine rings is 2. The van der Waals surface area contributed by atoms with Gasteiger partial charge < -0.3 is 9.88 Å². The molecule has 4 heteroatoms. The number of fused-ring (bicyclic) bond motifs is 5. The normalized spacial score (nSPS) is 14.9. The molecule has 1 aliphatic rings. The largest absolute Gasteiger partial charge is 0.373 e. The van der Waals surface area contributed by atoms with Crippen LogP contribution in [-0.2, 0) is 0 Å². The molecule has 4 heterocycles. The maximum atomic E-state index is 4.75. The van der Waals surface area contributed by atoms with Crippen LogP contribution in [-0.4, -0.2) is 14.5 Å². The van der Waals surface area contributed by atoms with Crippen molar-refractivity contribution >= 4 is 54.8 Å². The minimum absolute atomic E-state index is 0.0815. The summed E-state index contributed by atoms with van der Waals surface area (Å²) < 4.78 is 2.30. The molecule has 0 amide bonds. The molecule has 1 unspecified atom stereocenters. The van der Waals surface area contributed by atoms with Crippen molar-refractivity contribution in [2.24, 2.45) is 0 Å². The summed E-state index contributed by atoms with van der Waals surface area (Å²) in [5, 5.41) is 9.92. The van der Waals surface area contributed by atoms with Crippen molar-refractivity contribution < 1.29 is 0 Å². The number of benzene rings is 5. The number of dihydropyridines is 1. The molecule has 8 aromatic rings. The fourth-order valence-electron chi connectivity index (χ4n) is 6.85. The summed E-state index contributed by atoms with van der Waals surface area (Å²) in [6, 6.07) is 47.2. The van der Waals surface area contributed by atoms with Crippen LogP contribution in [0.2, 0.25) is 0 Å². The van der Waals surface area contributed by atoms with Crippen molar-refractivity contribution in [1.29, 1.82) is 0 Å². The topological polar surface area (TPSA) is 42.7 Å². The third-order valence-electron chi connectivity index (χ3n) is 8.89. The number of nitrogens with zero attached hydrogens (tertiary/aromatic N) is 3. The minimum atomic E-state index is -0.0815. The second-order valence-corrected chi connectivity index (χ2v) is 11.5. The van der Waals surface area contributed by atoms with Crippen LogP contribution in [0.3, 0.4) is 0 Å². The average Bonchev–Trinajstić information content (AvgIpc) is 3.45. The molecule has 212 valence electrons. The van der Waals surface area contributed by atoms with Crippen LogP contribution in [0.5, 0.6) is 0 Å². The molecule has 0 saturated heterocycles. The van der Waals surface area contributed by atoms with E-state index in [9.17, 15) is 0 Å². The zero-order chi connectivity index (χ0) is 29.7. The predicted octanol–water partition coefficient (Wildman–Crippen LogP) is 9.65. The van der Waals surface area contributed by atoms with E-state index in [0.717, 1.165) is 50.2 Å². The summed E-state index contributed by atoms with van der Waals surface area (Å²) in [6.07, 6.45) is 8.32. The van der Waals surface area contributed by atoms with Crippen LogP contribution in [0.1, 0.15) is 22.9 Å². The van der Waals surface area contributed by atoms with Crippen LogP contribution >= 0.6 is 0 Å². The molecule has 0 fully saturated rings. The number of allylic oxidation sites excluding steroid dienone is 2. The van der Waals surface area contributed by atoms with Gasteiger partial charge in [-0.05, 0) is 93.4 Å². The molecule has 5 aromatic carbocycles. The minimum Gasteiger partial charge on any atom is -0.373 e. The maximum absolute atomic E-state index is 4.75. The summed E-state index contributed by atoms with van der Waals surface area (Å²) in [4.78, 5) is 9.46. The molecule has 1 atom stereocenters. The lowest BCUT2D eigenvalue weighted by atomic mass is 9.90. The highest BCUT2D eigenvalue weighted by molar-refractivity contribution is 6.10. The summed E-state index contributed by atoms with van der Waals surface area (Å²) in [5.74, 6) is 0. The van der Waals surface area contributed by atoms with Gasteiger partial charge in [0.25, 0.3) is 0 Å². The van der Waals surface area contributed by atoms with Gasteiger partial charge in [0.2, 0.25) is 0 Å². The highest BCUT2D eigenvalue weighted by atomic mass is 15.0. The van der Waals surface area contributed by atoms with Gasteiger partial charge in [0, 0.05) is 34.7 Å². The standard InChI is InChI=1S/C41H28N4/c1-3-12-32-28(10-1)24-29-11-2-4-13-33(29)40(32)37-26-30(25-36(44-37)35-15-7-8-22-42-35)27-18-20-31(21-19-27)45-38-16-6-5-14-34(38)41-39(45)17-9-23-43-41/h1-26,36,44H. The van der Waals surface area contributed by atoms with Crippen LogP contribution in [0, 0.1) is 0 Å². The van der Waals surface area contributed by atoms with Gasteiger partial charge in [-0.15, -0.1) is 0 Å². The number of hydrogen-bond donors (Lipinski definition) is 1. The molecule has 0 spiro atoms. The second kappa shape index (κ2) is 10.3. The average molecular weight is 577 g/mol. The zero-order valence-corrected chi connectivity index (χ0v) is 24.4. The lowest BCUT2D eigenvalue weighted by Gasteiger charge is -2.26. The Morgan fingerprint density at radius 1 is 0.578 bits per heavy atom. The van der Waals surface area contributed by atoms with Gasteiger partial charge in [0.1, 0.15) is 0 Å². The van der Waals surface area contributed by atoms with E-state index in [1.165, 1.54) is 27.1 Å². The molecule has 3 aromatic heterocycles. The van der Waals surface area contributed by atoms with Crippen molar-refractivity contribution in [3.8, 4) is 5.69 Å². The van der Waals surface area contributed by atoms with Gasteiger partial charge in [-0.2, -0.15) is 0 Å². The summed E-state index contributed by atoms with van der Waals surface area (Å²) in [6.45, 7) is 0. The molecule has 0 radical (unpaired) electrons. The Hall–Kier alpha value is -6.00. The molecule has 45 heavy (non-hydrogen) atoms. The van der Waals surface area contributed by atoms with Crippen molar-refractivity contribution in [3.63, 3.8) is 0 Å². The smallest absolute Gasteiger partial charge is 0.0963 e. The summed E-state index contributed by atoms with van der Waals surface area (Å²) in [5.41, 5.74) is 9.99. The van der Waals surface area contributed by atoms with Crippen LogP contribution < -0.4 is 5.32 Å². The van der Waals surface area contributed by atoms with E-state index >= 15 is 0 Å². The number of aromatic nitrogens is 3. The lowest BCUT2D eigenvalue weighted by Crippen LogP contribution is -2.22. The second-order valence-electron chi connectivity index (χ2n) is 11.5. The molecule has 0 bridgehead atoms. The first kappa shape index (κ1) is 25.5. The first-order valence-corrected chi connectivity index (χ1v) is 15.3. The van der Waals surface area contributed by atoms with E-state index in [1.54, 1.807) is 0 Å². The van der Waals surface area contributed by atoms with E-state index in [4.69, 9.17) is 9.97 Å². The summed E-state index contributed by atoms with van der Waals surface area (Å²) >= 11 is 0.